The Balaban J connectivity index is 0.00000242. The highest BCUT2D eigenvalue weighted by molar-refractivity contribution is 9.10. The second-order valence-electron chi connectivity index (χ2n) is 4.18. The molecule has 1 N–H and O–H groups in total. The first kappa shape index (κ1) is 18.8. The van der Waals surface area contributed by atoms with Crippen molar-refractivity contribution in [3.63, 3.8) is 0 Å². The van der Waals surface area contributed by atoms with E-state index in [4.69, 9.17) is 0 Å². The van der Waals surface area contributed by atoms with E-state index in [9.17, 15) is 26.7 Å². The molecule has 1 aliphatic heterocycles. The van der Waals surface area contributed by atoms with Gasteiger partial charge in [-0.05, 0) is 23.8 Å². The number of alkyl halides is 5. The number of cyclic esters (lactones) is 1. The third-order valence-corrected chi connectivity index (χ3v) is 3.00. The van der Waals surface area contributed by atoms with Crippen molar-refractivity contribution in [2.75, 3.05) is 6.61 Å². The quantitative estimate of drug-likeness (QED) is 0.741. The van der Waals surface area contributed by atoms with Gasteiger partial charge in [-0.3, -0.25) is 0 Å². The molecular formula is C11H8BrClF5NO3. The van der Waals surface area contributed by atoms with Crippen LogP contribution in [0.5, 0.6) is 5.75 Å². The van der Waals surface area contributed by atoms with Crippen LogP contribution in [0.4, 0.5) is 26.7 Å². The van der Waals surface area contributed by atoms with Gasteiger partial charge in [0.15, 0.2) is 6.61 Å². The van der Waals surface area contributed by atoms with Gasteiger partial charge in [-0.1, -0.05) is 15.9 Å². The number of hydrogen-bond acceptors (Lipinski definition) is 3. The summed E-state index contributed by atoms with van der Waals surface area (Å²) >= 11 is 2.90. The monoisotopic (exact) mass is 411 g/mol. The van der Waals surface area contributed by atoms with Gasteiger partial charge in [0.1, 0.15) is 11.8 Å². The second kappa shape index (κ2) is 6.45. The third-order valence-electron chi connectivity index (χ3n) is 2.54. The van der Waals surface area contributed by atoms with E-state index < -0.39 is 36.8 Å². The topological polar surface area (TPSA) is 47.6 Å². The maximum absolute atomic E-state index is 13.7. The minimum Gasteiger partial charge on any atom is -0.443 e. The Labute approximate surface area is 135 Å². The summed E-state index contributed by atoms with van der Waals surface area (Å²) < 4.78 is 71.9. The van der Waals surface area contributed by atoms with Crippen molar-refractivity contribution < 1.29 is 36.2 Å². The van der Waals surface area contributed by atoms with Crippen LogP contribution < -0.4 is 10.1 Å². The smallest absolute Gasteiger partial charge is 0.443 e. The zero-order chi connectivity index (χ0) is 15.8. The standard InChI is InChI=1S/C11H7BrF5NO3.ClH/c12-6-1-5(2-7(3-6)21-11(15,16)17)8-10(13,14)4-20-9(19)18-8;/h1-3,8H,4H2,(H,18,19);1H/t8-;/m0./s1. The maximum atomic E-state index is 13.7. The van der Waals surface area contributed by atoms with E-state index >= 15 is 0 Å². The predicted molar refractivity (Wildman–Crippen MR) is 70.2 cm³/mol. The highest BCUT2D eigenvalue weighted by Gasteiger charge is 2.47. The van der Waals surface area contributed by atoms with Crippen LogP contribution in [0.1, 0.15) is 11.6 Å². The molecule has 1 amide bonds. The lowest BCUT2D eigenvalue weighted by atomic mass is 10.00. The molecule has 1 fully saturated rings. The molecule has 0 unspecified atom stereocenters. The summed E-state index contributed by atoms with van der Waals surface area (Å²) in [4.78, 5) is 11.0. The van der Waals surface area contributed by atoms with Gasteiger partial charge >= 0.3 is 18.4 Å². The Kier molecular flexibility index (Phi) is 5.50. The lowest BCUT2D eigenvalue weighted by molar-refractivity contribution is -0.274. The number of benzene rings is 1. The molecule has 0 spiro atoms. The Morgan fingerprint density at radius 3 is 2.55 bits per heavy atom. The average molecular weight is 413 g/mol. The zero-order valence-corrected chi connectivity index (χ0v) is 12.8. The van der Waals surface area contributed by atoms with Crippen molar-refractivity contribution in [1.82, 2.24) is 5.32 Å². The number of carbonyl (C=O) groups excluding carboxylic acids is 1. The van der Waals surface area contributed by atoms with Crippen LogP contribution in [0.15, 0.2) is 22.7 Å². The summed E-state index contributed by atoms with van der Waals surface area (Å²) in [7, 11) is 0. The summed E-state index contributed by atoms with van der Waals surface area (Å²) in [5.74, 6) is -4.15. The van der Waals surface area contributed by atoms with Gasteiger partial charge in [0.25, 0.3) is 0 Å². The van der Waals surface area contributed by atoms with Crippen LogP contribution in [0.2, 0.25) is 0 Å². The summed E-state index contributed by atoms with van der Waals surface area (Å²) in [5, 5.41) is 1.87. The average Bonchev–Trinajstić information content (AvgIpc) is 2.29. The molecule has 22 heavy (non-hydrogen) atoms. The number of rotatable bonds is 2. The van der Waals surface area contributed by atoms with E-state index in [1.54, 1.807) is 0 Å². The fourth-order valence-electron chi connectivity index (χ4n) is 1.78. The number of halogens is 7. The first-order valence-corrected chi connectivity index (χ1v) is 6.23. The molecule has 1 saturated heterocycles. The van der Waals surface area contributed by atoms with Crippen molar-refractivity contribution in [3.8, 4) is 5.75 Å². The molecule has 0 radical (unpaired) electrons. The minimum absolute atomic E-state index is 0. The molecule has 0 bridgehead atoms. The molecule has 1 aromatic rings. The highest BCUT2D eigenvalue weighted by Crippen LogP contribution is 2.37. The van der Waals surface area contributed by atoms with E-state index in [0.29, 0.717) is 0 Å². The Hall–Kier alpha value is -1.29. The zero-order valence-electron chi connectivity index (χ0n) is 10.4. The number of alkyl carbamates (subject to hydrolysis) is 1. The van der Waals surface area contributed by atoms with Crippen molar-refractivity contribution in [3.05, 3.63) is 28.2 Å². The second-order valence-corrected chi connectivity index (χ2v) is 5.10. The molecule has 2 rings (SSSR count). The molecule has 1 aliphatic rings. The van der Waals surface area contributed by atoms with Gasteiger partial charge < -0.3 is 14.8 Å². The van der Waals surface area contributed by atoms with Gasteiger partial charge in [-0.15, -0.1) is 25.6 Å². The fourth-order valence-corrected chi connectivity index (χ4v) is 2.27. The number of hydrogen-bond donors (Lipinski definition) is 1. The molecule has 1 atom stereocenters. The third kappa shape index (κ3) is 4.60. The molecule has 1 heterocycles. The maximum Gasteiger partial charge on any atom is 0.573 e. The van der Waals surface area contributed by atoms with Crippen LogP contribution in [0.25, 0.3) is 0 Å². The van der Waals surface area contributed by atoms with Crippen molar-refractivity contribution >= 4 is 34.4 Å². The van der Waals surface area contributed by atoms with Crippen molar-refractivity contribution in [1.29, 1.82) is 0 Å². The van der Waals surface area contributed by atoms with Gasteiger partial charge in [0.2, 0.25) is 0 Å². The van der Waals surface area contributed by atoms with E-state index in [-0.39, 0.29) is 22.4 Å². The van der Waals surface area contributed by atoms with Crippen LogP contribution in [-0.4, -0.2) is 25.0 Å². The molecule has 124 valence electrons. The summed E-state index contributed by atoms with van der Waals surface area (Å²) in [6.45, 7) is -1.16. The largest absolute Gasteiger partial charge is 0.573 e. The molecule has 1 aromatic carbocycles. The predicted octanol–water partition coefficient (Wildman–Crippen LogP) is 4.19. The van der Waals surface area contributed by atoms with E-state index in [1.165, 1.54) is 0 Å². The fraction of sp³-hybridized carbons (Fsp3) is 0.364. The summed E-state index contributed by atoms with van der Waals surface area (Å²) in [5.41, 5.74) is -0.245. The number of carbonyl (C=O) groups is 1. The van der Waals surface area contributed by atoms with Crippen LogP contribution in [-0.2, 0) is 4.74 Å². The molecule has 11 heteroatoms. The van der Waals surface area contributed by atoms with Crippen LogP contribution >= 0.6 is 28.3 Å². The Bertz CT molecular complexity index is 569. The first-order valence-electron chi connectivity index (χ1n) is 5.44. The molecule has 0 aromatic heterocycles. The first-order chi connectivity index (χ1) is 9.57. The molecule has 4 nitrogen and oxygen atoms in total. The number of ether oxygens (including phenoxy) is 2. The van der Waals surface area contributed by atoms with Crippen LogP contribution in [0.3, 0.4) is 0 Å². The summed E-state index contributed by atoms with van der Waals surface area (Å²) in [6, 6.07) is 1.10. The van der Waals surface area contributed by atoms with E-state index in [2.05, 4.69) is 25.4 Å². The minimum atomic E-state index is -4.96. The van der Waals surface area contributed by atoms with Crippen molar-refractivity contribution in [2.24, 2.45) is 0 Å². The van der Waals surface area contributed by atoms with E-state index in [0.717, 1.165) is 18.2 Å². The van der Waals surface area contributed by atoms with Gasteiger partial charge in [0, 0.05) is 4.47 Å². The molecular weight excluding hydrogens is 404 g/mol. The van der Waals surface area contributed by atoms with Gasteiger partial charge in [0.05, 0.1) is 0 Å². The molecule has 0 saturated carbocycles. The lowest BCUT2D eigenvalue weighted by Gasteiger charge is -2.32. The van der Waals surface area contributed by atoms with E-state index in [1.807, 2.05) is 5.32 Å². The normalized spacial score (nSPS) is 20.5. The Morgan fingerprint density at radius 2 is 1.95 bits per heavy atom. The number of amides is 1. The van der Waals surface area contributed by atoms with Gasteiger partial charge in [-0.25, -0.2) is 13.6 Å². The lowest BCUT2D eigenvalue weighted by Crippen LogP contribution is -2.49. The molecule has 0 aliphatic carbocycles. The number of nitrogens with one attached hydrogen (secondary N) is 1. The SMILES string of the molecule is Cl.O=C1N[C@@H](c2cc(Br)cc(OC(F)(F)F)c2)C(F)(F)CO1. The van der Waals surface area contributed by atoms with Gasteiger partial charge in [-0.2, -0.15) is 0 Å². The summed E-state index contributed by atoms with van der Waals surface area (Å²) in [6.07, 6.45) is -6.04. The van der Waals surface area contributed by atoms with Crippen molar-refractivity contribution in [2.45, 2.75) is 18.3 Å². The Morgan fingerprint density at radius 1 is 1.32 bits per heavy atom. The van der Waals surface area contributed by atoms with Crippen LogP contribution in [0, 0.1) is 0 Å². The highest BCUT2D eigenvalue weighted by atomic mass is 79.9.